The van der Waals surface area contributed by atoms with Gasteiger partial charge < -0.3 is 9.47 Å². The molecule has 0 aliphatic carbocycles. The van der Waals surface area contributed by atoms with Crippen LogP contribution in [0.25, 0.3) is 5.65 Å². The van der Waals surface area contributed by atoms with Crippen LogP contribution < -0.4 is 0 Å². The van der Waals surface area contributed by atoms with Crippen LogP contribution in [0.3, 0.4) is 0 Å². The van der Waals surface area contributed by atoms with E-state index in [1.54, 1.807) is 18.3 Å². The zero-order valence-electron chi connectivity index (χ0n) is 10.00. The van der Waals surface area contributed by atoms with Gasteiger partial charge in [-0.05, 0) is 18.6 Å². The number of methoxy groups -OCH3 is 1. The summed E-state index contributed by atoms with van der Waals surface area (Å²) in [4.78, 5) is 11.4. The molecule has 6 nitrogen and oxygen atoms in total. The highest BCUT2D eigenvalue weighted by atomic mass is 16.5. The molecular formula is C12H13N3O3. The zero-order valence-corrected chi connectivity index (χ0v) is 10.00. The molecule has 2 aromatic rings. The molecule has 3 heterocycles. The summed E-state index contributed by atoms with van der Waals surface area (Å²) in [5.41, 5.74) is 1.13. The fourth-order valence-electron chi connectivity index (χ4n) is 2.17. The highest BCUT2D eigenvalue weighted by Crippen LogP contribution is 2.24. The minimum atomic E-state index is -0.369. The third-order valence-electron chi connectivity index (χ3n) is 3.15. The molecule has 1 saturated heterocycles. The number of ether oxygens (including phenoxy) is 2. The number of rotatable bonds is 2. The van der Waals surface area contributed by atoms with Gasteiger partial charge in [-0.2, -0.15) is 0 Å². The lowest BCUT2D eigenvalue weighted by Crippen LogP contribution is -2.05. The van der Waals surface area contributed by atoms with Crippen LogP contribution in [0, 0.1) is 0 Å². The van der Waals surface area contributed by atoms with Crippen LogP contribution in [0.1, 0.15) is 28.5 Å². The fraction of sp³-hybridized carbons (Fsp3) is 0.417. The molecule has 1 aliphatic rings. The summed E-state index contributed by atoms with van der Waals surface area (Å²) in [5, 5.41) is 8.27. The van der Waals surface area contributed by atoms with E-state index in [1.807, 2.05) is 4.40 Å². The van der Waals surface area contributed by atoms with E-state index in [0.717, 1.165) is 18.9 Å². The molecule has 0 amide bonds. The Bertz CT molecular complexity index is 587. The van der Waals surface area contributed by atoms with Gasteiger partial charge in [0.25, 0.3) is 0 Å². The number of hydrogen-bond donors (Lipinski definition) is 0. The van der Waals surface area contributed by atoms with Gasteiger partial charge in [-0.25, -0.2) is 4.79 Å². The number of pyridine rings is 1. The minimum absolute atomic E-state index is 0.281. The summed E-state index contributed by atoms with van der Waals surface area (Å²) in [6.45, 7) is 1.44. The Balaban J connectivity index is 2.02. The van der Waals surface area contributed by atoms with Crippen LogP contribution in [0.15, 0.2) is 18.3 Å². The van der Waals surface area contributed by atoms with Gasteiger partial charge in [-0.1, -0.05) is 0 Å². The topological polar surface area (TPSA) is 65.7 Å². The van der Waals surface area contributed by atoms with Crippen molar-refractivity contribution in [3.63, 3.8) is 0 Å². The number of carbonyl (C=O) groups is 1. The van der Waals surface area contributed by atoms with Gasteiger partial charge >= 0.3 is 5.97 Å². The molecule has 1 unspecified atom stereocenters. The van der Waals surface area contributed by atoms with Crippen LogP contribution in [0.4, 0.5) is 0 Å². The fourth-order valence-corrected chi connectivity index (χ4v) is 2.17. The molecular weight excluding hydrogens is 234 g/mol. The number of aromatic nitrogens is 3. The van der Waals surface area contributed by atoms with Crippen molar-refractivity contribution in [1.82, 2.24) is 14.6 Å². The van der Waals surface area contributed by atoms with E-state index >= 15 is 0 Å². The molecule has 0 radical (unpaired) electrons. The van der Waals surface area contributed by atoms with Crippen LogP contribution in [-0.4, -0.2) is 40.9 Å². The first kappa shape index (κ1) is 11.2. The number of fused-ring (bicyclic) bond motifs is 1. The van der Waals surface area contributed by atoms with E-state index < -0.39 is 0 Å². The average molecular weight is 247 g/mol. The number of esters is 1. The monoisotopic (exact) mass is 247 g/mol. The highest BCUT2D eigenvalue weighted by Gasteiger charge is 2.23. The van der Waals surface area contributed by atoms with Gasteiger partial charge in [0.05, 0.1) is 19.3 Å². The first-order valence-electron chi connectivity index (χ1n) is 5.80. The van der Waals surface area contributed by atoms with E-state index in [9.17, 15) is 4.79 Å². The number of hydrogen-bond acceptors (Lipinski definition) is 5. The second-order valence-electron chi connectivity index (χ2n) is 4.25. The first-order chi connectivity index (χ1) is 8.79. The van der Waals surface area contributed by atoms with E-state index in [4.69, 9.17) is 4.74 Å². The second-order valence-corrected chi connectivity index (χ2v) is 4.25. The van der Waals surface area contributed by atoms with Gasteiger partial charge in [0.15, 0.2) is 5.65 Å². The van der Waals surface area contributed by atoms with Crippen molar-refractivity contribution in [3.05, 3.63) is 29.7 Å². The van der Waals surface area contributed by atoms with E-state index in [-0.39, 0.29) is 11.9 Å². The molecule has 1 aliphatic heterocycles. The Morgan fingerprint density at radius 2 is 2.44 bits per heavy atom. The Labute approximate surface area is 104 Å². The molecule has 0 bridgehead atoms. The van der Waals surface area contributed by atoms with Crippen molar-refractivity contribution in [1.29, 1.82) is 0 Å². The minimum Gasteiger partial charge on any atom is -0.465 e. The van der Waals surface area contributed by atoms with Crippen LogP contribution in [0.5, 0.6) is 0 Å². The lowest BCUT2D eigenvalue weighted by molar-refractivity contribution is 0.0600. The van der Waals surface area contributed by atoms with Gasteiger partial charge in [0, 0.05) is 18.7 Å². The van der Waals surface area contributed by atoms with Crippen molar-refractivity contribution >= 4 is 11.6 Å². The lowest BCUT2D eigenvalue weighted by atomic mass is 10.1. The molecule has 0 aromatic carbocycles. The summed E-state index contributed by atoms with van der Waals surface area (Å²) in [6.07, 6.45) is 2.76. The first-order valence-corrected chi connectivity index (χ1v) is 5.80. The SMILES string of the molecule is COC(=O)c1ccn2c(C3CCOC3)nnc2c1. The maximum Gasteiger partial charge on any atom is 0.338 e. The second kappa shape index (κ2) is 4.38. The molecule has 2 aromatic heterocycles. The number of nitrogens with zero attached hydrogens (tertiary/aromatic N) is 3. The zero-order chi connectivity index (χ0) is 12.5. The number of carbonyl (C=O) groups excluding carboxylic acids is 1. The summed E-state index contributed by atoms with van der Waals surface area (Å²) in [5.74, 6) is 0.800. The standard InChI is InChI=1S/C12H13N3O3/c1-17-12(16)8-2-4-15-10(6-8)13-14-11(15)9-3-5-18-7-9/h2,4,6,9H,3,5,7H2,1H3. The van der Waals surface area contributed by atoms with E-state index in [0.29, 0.717) is 17.8 Å². The summed E-state index contributed by atoms with van der Waals surface area (Å²) in [7, 11) is 1.36. The third kappa shape index (κ3) is 1.74. The highest BCUT2D eigenvalue weighted by molar-refractivity contribution is 5.90. The molecule has 94 valence electrons. The van der Waals surface area contributed by atoms with Gasteiger partial charge in [-0.15, -0.1) is 10.2 Å². The third-order valence-corrected chi connectivity index (χ3v) is 3.15. The van der Waals surface area contributed by atoms with Crippen LogP contribution >= 0.6 is 0 Å². The molecule has 1 atom stereocenters. The van der Waals surface area contributed by atoms with Crippen molar-refractivity contribution in [2.45, 2.75) is 12.3 Å². The Morgan fingerprint density at radius 1 is 1.56 bits per heavy atom. The summed E-state index contributed by atoms with van der Waals surface area (Å²) >= 11 is 0. The molecule has 0 N–H and O–H groups in total. The summed E-state index contributed by atoms with van der Waals surface area (Å²) in [6, 6.07) is 3.39. The normalized spacial score (nSPS) is 19.3. The van der Waals surface area contributed by atoms with E-state index in [2.05, 4.69) is 14.9 Å². The smallest absolute Gasteiger partial charge is 0.338 e. The van der Waals surface area contributed by atoms with Crippen LogP contribution in [0.2, 0.25) is 0 Å². The predicted octanol–water partition coefficient (Wildman–Crippen LogP) is 1.02. The Morgan fingerprint density at radius 3 is 3.17 bits per heavy atom. The van der Waals surface area contributed by atoms with Crippen LogP contribution in [-0.2, 0) is 9.47 Å². The van der Waals surface area contributed by atoms with Crippen molar-refractivity contribution in [2.75, 3.05) is 20.3 Å². The summed E-state index contributed by atoms with van der Waals surface area (Å²) < 4.78 is 11.9. The molecule has 1 fully saturated rings. The van der Waals surface area contributed by atoms with Crippen molar-refractivity contribution in [3.8, 4) is 0 Å². The van der Waals surface area contributed by atoms with Crippen molar-refractivity contribution in [2.24, 2.45) is 0 Å². The van der Waals surface area contributed by atoms with Gasteiger partial charge in [-0.3, -0.25) is 4.40 Å². The van der Waals surface area contributed by atoms with E-state index in [1.165, 1.54) is 7.11 Å². The molecule has 0 saturated carbocycles. The largest absolute Gasteiger partial charge is 0.465 e. The maximum absolute atomic E-state index is 11.4. The molecule has 6 heteroatoms. The van der Waals surface area contributed by atoms with Gasteiger partial charge in [0.2, 0.25) is 0 Å². The maximum atomic E-state index is 11.4. The van der Waals surface area contributed by atoms with Gasteiger partial charge in [0.1, 0.15) is 5.82 Å². The lowest BCUT2D eigenvalue weighted by Gasteiger charge is -2.05. The average Bonchev–Trinajstić information content (AvgIpc) is 3.05. The predicted molar refractivity (Wildman–Crippen MR) is 62.5 cm³/mol. The van der Waals surface area contributed by atoms with Crippen molar-refractivity contribution < 1.29 is 14.3 Å². The Kier molecular flexibility index (Phi) is 2.71. The quantitative estimate of drug-likeness (QED) is 0.741. The molecule has 0 spiro atoms. The Hall–Kier alpha value is -1.95. The molecule has 18 heavy (non-hydrogen) atoms. The molecule has 3 rings (SSSR count).